The number of nitrogens with two attached hydrogens (primary N) is 1. The van der Waals surface area contributed by atoms with Crippen molar-refractivity contribution in [3.05, 3.63) is 28.8 Å². The molecule has 2 rings (SSSR count). The normalized spacial score (nSPS) is 16.0. The van der Waals surface area contributed by atoms with Crippen LogP contribution in [0, 0.1) is 5.92 Å². The van der Waals surface area contributed by atoms with E-state index in [0.29, 0.717) is 16.5 Å². The minimum absolute atomic E-state index is 0.235. The predicted molar refractivity (Wildman–Crippen MR) is 81.8 cm³/mol. The zero-order chi connectivity index (χ0) is 15.4. The van der Waals surface area contributed by atoms with E-state index >= 15 is 0 Å². The van der Waals surface area contributed by atoms with E-state index in [4.69, 9.17) is 22.4 Å². The second kappa shape index (κ2) is 6.80. The van der Waals surface area contributed by atoms with Crippen LogP contribution < -0.4 is 10.6 Å². The number of primary amides is 1. The summed E-state index contributed by atoms with van der Waals surface area (Å²) < 4.78 is 0. The van der Waals surface area contributed by atoms with Crippen molar-refractivity contribution in [3.63, 3.8) is 0 Å². The van der Waals surface area contributed by atoms with E-state index in [9.17, 15) is 9.59 Å². The Kier molecular flexibility index (Phi) is 5.07. The fraction of sp³-hybridized carbons (Fsp3) is 0.467. The van der Waals surface area contributed by atoms with E-state index < -0.39 is 11.9 Å². The second-order valence-electron chi connectivity index (χ2n) is 5.39. The van der Waals surface area contributed by atoms with Crippen molar-refractivity contribution in [2.75, 3.05) is 18.0 Å². The van der Waals surface area contributed by atoms with Gasteiger partial charge in [0.2, 0.25) is 5.91 Å². The number of halogens is 1. The Bertz CT molecular complexity index is 540. The highest BCUT2D eigenvalue weighted by Crippen LogP contribution is 2.31. The summed E-state index contributed by atoms with van der Waals surface area (Å²) in [5, 5.41) is 9.24. The number of nitrogens with zero attached hydrogens (tertiary/aromatic N) is 1. The topological polar surface area (TPSA) is 83.6 Å². The highest BCUT2D eigenvalue weighted by molar-refractivity contribution is 6.33. The molecule has 1 saturated heterocycles. The number of carboxylic acid groups (broad SMARTS) is 1. The molecule has 1 fully saturated rings. The molecule has 0 aromatic heterocycles. The molecule has 1 amide bonds. The van der Waals surface area contributed by atoms with Gasteiger partial charge in [-0.05, 0) is 43.4 Å². The molecule has 1 aromatic rings. The first-order valence-corrected chi connectivity index (χ1v) is 7.41. The maximum Gasteiger partial charge on any atom is 0.303 e. The fourth-order valence-electron chi connectivity index (χ4n) is 2.71. The van der Waals surface area contributed by atoms with Gasteiger partial charge in [-0.15, -0.1) is 0 Å². The lowest BCUT2D eigenvalue weighted by molar-refractivity contribution is -0.137. The molecule has 0 saturated carbocycles. The smallest absolute Gasteiger partial charge is 0.303 e. The lowest BCUT2D eigenvalue weighted by atomic mass is 9.92. The molecule has 21 heavy (non-hydrogen) atoms. The summed E-state index contributed by atoms with van der Waals surface area (Å²) in [7, 11) is 0. The van der Waals surface area contributed by atoms with Crippen LogP contribution in [-0.2, 0) is 4.79 Å². The molecule has 114 valence electrons. The summed E-state index contributed by atoms with van der Waals surface area (Å²) in [5.74, 6) is -0.764. The van der Waals surface area contributed by atoms with Gasteiger partial charge in [0.1, 0.15) is 0 Å². The molecule has 1 aliphatic rings. The number of aliphatic carboxylic acids is 1. The highest BCUT2D eigenvalue weighted by Gasteiger charge is 2.21. The molecule has 5 nitrogen and oxygen atoms in total. The summed E-state index contributed by atoms with van der Waals surface area (Å²) in [5.41, 5.74) is 6.53. The van der Waals surface area contributed by atoms with Gasteiger partial charge in [0.15, 0.2) is 0 Å². The summed E-state index contributed by atoms with van der Waals surface area (Å²) in [6.45, 7) is 1.69. The Morgan fingerprint density at radius 2 is 2.00 bits per heavy atom. The van der Waals surface area contributed by atoms with E-state index in [1.807, 2.05) is 6.07 Å². The third-order valence-electron chi connectivity index (χ3n) is 3.95. The maximum absolute atomic E-state index is 11.1. The van der Waals surface area contributed by atoms with Crippen molar-refractivity contribution in [1.82, 2.24) is 0 Å². The van der Waals surface area contributed by atoms with Crippen LogP contribution in [0.25, 0.3) is 0 Å². The first-order valence-electron chi connectivity index (χ1n) is 7.03. The molecule has 0 radical (unpaired) electrons. The van der Waals surface area contributed by atoms with Gasteiger partial charge in [0, 0.05) is 25.1 Å². The number of hydrogen-bond acceptors (Lipinski definition) is 3. The second-order valence-corrected chi connectivity index (χ2v) is 5.80. The number of carboxylic acids is 1. The molecular weight excluding hydrogens is 292 g/mol. The van der Waals surface area contributed by atoms with Crippen molar-refractivity contribution < 1.29 is 14.7 Å². The van der Waals surface area contributed by atoms with Gasteiger partial charge in [-0.2, -0.15) is 0 Å². The molecular formula is C15H19ClN2O3. The largest absolute Gasteiger partial charge is 0.481 e. The van der Waals surface area contributed by atoms with Crippen LogP contribution in [0.15, 0.2) is 18.2 Å². The number of anilines is 1. The molecule has 1 aromatic carbocycles. The lowest BCUT2D eigenvalue weighted by Gasteiger charge is -2.34. The highest BCUT2D eigenvalue weighted by atomic mass is 35.5. The van der Waals surface area contributed by atoms with Crippen molar-refractivity contribution in [3.8, 4) is 0 Å². The average Bonchev–Trinajstić information content (AvgIpc) is 2.45. The molecule has 6 heteroatoms. The Morgan fingerprint density at radius 1 is 1.33 bits per heavy atom. The third-order valence-corrected chi connectivity index (χ3v) is 4.26. The molecule has 0 spiro atoms. The molecule has 0 unspecified atom stereocenters. The number of benzene rings is 1. The van der Waals surface area contributed by atoms with Crippen LogP contribution in [0.1, 0.15) is 36.0 Å². The standard InChI is InChI=1S/C15H19ClN2O3/c16-12-9-11(15(17)21)2-3-13(12)18-7-5-10(6-8-18)1-4-14(19)20/h2-3,9-10H,1,4-8H2,(H2,17,21)(H,19,20). The van der Waals surface area contributed by atoms with Crippen molar-refractivity contribution in [2.45, 2.75) is 25.7 Å². The Morgan fingerprint density at radius 3 is 2.52 bits per heavy atom. The van der Waals surface area contributed by atoms with E-state index in [-0.39, 0.29) is 6.42 Å². The van der Waals surface area contributed by atoms with Crippen molar-refractivity contribution >= 4 is 29.2 Å². The molecule has 3 N–H and O–H groups in total. The minimum atomic E-state index is -0.734. The number of piperidine rings is 1. The number of rotatable bonds is 5. The number of carbonyl (C=O) groups is 2. The Balaban J connectivity index is 1.96. The zero-order valence-corrected chi connectivity index (χ0v) is 12.5. The van der Waals surface area contributed by atoms with E-state index in [1.165, 1.54) is 0 Å². The van der Waals surface area contributed by atoms with Crippen LogP contribution >= 0.6 is 11.6 Å². The number of hydrogen-bond donors (Lipinski definition) is 2. The van der Waals surface area contributed by atoms with Crippen LogP contribution in [0.5, 0.6) is 0 Å². The van der Waals surface area contributed by atoms with Crippen molar-refractivity contribution in [1.29, 1.82) is 0 Å². The van der Waals surface area contributed by atoms with Gasteiger partial charge in [0.05, 0.1) is 10.7 Å². The fourth-order valence-corrected chi connectivity index (χ4v) is 3.01. The zero-order valence-electron chi connectivity index (χ0n) is 11.7. The Hall–Kier alpha value is -1.75. The van der Waals surface area contributed by atoms with Gasteiger partial charge in [0.25, 0.3) is 0 Å². The van der Waals surface area contributed by atoms with Gasteiger partial charge in [-0.3, -0.25) is 9.59 Å². The molecule has 0 aliphatic carbocycles. The predicted octanol–water partition coefficient (Wildman–Crippen LogP) is 2.52. The van der Waals surface area contributed by atoms with Gasteiger partial charge < -0.3 is 15.7 Å². The summed E-state index contributed by atoms with van der Waals surface area (Å²) in [6, 6.07) is 5.09. The average molecular weight is 311 g/mol. The number of carbonyl (C=O) groups excluding carboxylic acids is 1. The summed E-state index contributed by atoms with van der Waals surface area (Å²) >= 11 is 6.22. The SMILES string of the molecule is NC(=O)c1ccc(N2CCC(CCC(=O)O)CC2)c(Cl)c1. The Labute approximate surface area is 128 Å². The minimum Gasteiger partial charge on any atom is -0.481 e. The molecule has 1 heterocycles. The quantitative estimate of drug-likeness (QED) is 0.875. The maximum atomic E-state index is 11.1. The number of amides is 1. The summed E-state index contributed by atoms with van der Waals surface area (Å²) in [6.07, 6.45) is 2.89. The van der Waals surface area contributed by atoms with Gasteiger partial charge in [-0.25, -0.2) is 0 Å². The van der Waals surface area contributed by atoms with Crippen molar-refractivity contribution in [2.24, 2.45) is 11.7 Å². The molecule has 1 aliphatic heterocycles. The van der Waals surface area contributed by atoms with Crippen LogP contribution in [0.2, 0.25) is 5.02 Å². The summed E-state index contributed by atoms with van der Waals surface area (Å²) in [4.78, 5) is 23.9. The monoisotopic (exact) mass is 310 g/mol. The lowest BCUT2D eigenvalue weighted by Crippen LogP contribution is -2.34. The van der Waals surface area contributed by atoms with E-state index in [0.717, 1.165) is 38.0 Å². The van der Waals surface area contributed by atoms with Crippen LogP contribution in [0.3, 0.4) is 0 Å². The molecule has 0 bridgehead atoms. The van der Waals surface area contributed by atoms with E-state index in [2.05, 4.69) is 4.90 Å². The van der Waals surface area contributed by atoms with Gasteiger partial charge >= 0.3 is 5.97 Å². The van der Waals surface area contributed by atoms with Crippen LogP contribution in [0.4, 0.5) is 5.69 Å². The first kappa shape index (κ1) is 15.6. The van der Waals surface area contributed by atoms with Crippen LogP contribution in [-0.4, -0.2) is 30.1 Å². The first-order chi connectivity index (χ1) is 9.97. The third kappa shape index (κ3) is 4.11. The molecule has 0 atom stereocenters. The van der Waals surface area contributed by atoms with Gasteiger partial charge in [-0.1, -0.05) is 11.6 Å². The van der Waals surface area contributed by atoms with E-state index in [1.54, 1.807) is 12.1 Å².